The Morgan fingerprint density at radius 2 is 2.06 bits per heavy atom. The van der Waals surface area contributed by atoms with Crippen LogP contribution < -0.4 is 16.4 Å². The van der Waals surface area contributed by atoms with Crippen LogP contribution in [0.2, 0.25) is 0 Å². The van der Waals surface area contributed by atoms with Crippen molar-refractivity contribution in [3.63, 3.8) is 0 Å². The number of aryl methyl sites for hydroxylation is 1. The molecule has 9 nitrogen and oxygen atoms in total. The minimum atomic E-state index is -0.710. The first kappa shape index (κ1) is 23.5. The maximum atomic E-state index is 14.7. The summed E-state index contributed by atoms with van der Waals surface area (Å²) in [5.74, 6) is -0.699. The van der Waals surface area contributed by atoms with Crippen molar-refractivity contribution < 1.29 is 23.5 Å². The number of aliphatic hydroxyl groups is 1. The third-order valence-electron chi connectivity index (χ3n) is 4.87. The Kier molecular flexibility index (Phi) is 7.29. The molecule has 0 spiro atoms. The first-order valence-electron chi connectivity index (χ1n) is 10.1. The lowest BCUT2D eigenvalue weighted by Gasteiger charge is -2.17. The SMILES string of the molecule is CCc1ccc(Nc2c(C(=O)NOCCO)c3oc(CN(C)C)cc3c(=O)n2C)c(F)c1. The smallest absolute Gasteiger partial charge is 0.282 e. The molecule has 2 aromatic heterocycles. The van der Waals surface area contributed by atoms with Gasteiger partial charge in [0.15, 0.2) is 5.58 Å². The molecular weight excluding hydrogens is 419 g/mol. The molecule has 172 valence electrons. The number of fused-ring (bicyclic) bond motifs is 1. The summed E-state index contributed by atoms with van der Waals surface area (Å²) in [5.41, 5.74) is 2.77. The summed E-state index contributed by atoms with van der Waals surface area (Å²) < 4.78 is 21.8. The van der Waals surface area contributed by atoms with Gasteiger partial charge < -0.3 is 19.7 Å². The molecule has 0 fully saturated rings. The van der Waals surface area contributed by atoms with Gasteiger partial charge in [0.25, 0.3) is 11.5 Å². The molecular formula is C22H27FN4O5. The van der Waals surface area contributed by atoms with Gasteiger partial charge in [-0.1, -0.05) is 13.0 Å². The van der Waals surface area contributed by atoms with Gasteiger partial charge in [-0.2, -0.15) is 0 Å². The van der Waals surface area contributed by atoms with E-state index < -0.39 is 17.3 Å². The molecule has 10 heteroatoms. The molecule has 0 unspecified atom stereocenters. The van der Waals surface area contributed by atoms with Crippen molar-refractivity contribution in [1.29, 1.82) is 0 Å². The molecule has 0 bridgehead atoms. The second kappa shape index (κ2) is 9.94. The summed E-state index contributed by atoms with van der Waals surface area (Å²) in [5, 5.41) is 12.0. The van der Waals surface area contributed by atoms with Crippen molar-refractivity contribution in [2.45, 2.75) is 19.9 Å². The molecule has 0 atom stereocenters. The van der Waals surface area contributed by atoms with Gasteiger partial charge in [0.1, 0.15) is 23.0 Å². The number of halogens is 1. The standard InChI is InChI=1S/C22H27FN4O5/c1-5-13-6-7-17(16(23)10-13)24-20-18(21(29)25-31-9-8-28)19-15(22(30)27(20)4)11-14(32-19)12-26(2)3/h6-7,10-11,24,28H,5,8-9,12H2,1-4H3,(H,25,29). The Bertz CT molecular complexity index is 1190. The van der Waals surface area contributed by atoms with Crippen LogP contribution in [0.4, 0.5) is 15.9 Å². The maximum absolute atomic E-state index is 14.7. The average Bonchev–Trinajstić information content (AvgIpc) is 3.15. The van der Waals surface area contributed by atoms with Crippen LogP contribution in [-0.2, 0) is 24.9 Å². The van der Waals surface area contributed by atoms with Crippen molar-refractivity contribution in [1.82, 2.24) is 14.9 Å². The van der Waals surface area contributed by atoms with E-state index in [1.807, 2.05) is 25.9 Å². The number of anilines is 2. The molecule has 0 saturated carbocycles. The monoisotopic (exact) mass is 446 g/mol. The molecule has 32 heavy (non-hydrogen) atoms. The van der Waals surface area contributed by atoms with Gasteiger partial charge in [-0.25, -0.2) is 9.87 Å². The van der Waals surface area contributed by atoms with Gasteiger partial charge in [-0.15, -0.1) is 0 Å². The van der Waals surface area contributed by atoms with Crippen molar-refractivity contribution >= 4 is 28.4 Å². The second-order valence-electron chi connectivity index (χ2n) is 7.58. The van der Waals surface area contributed by atoms with Crippen LogP contribution in [0.15, 0.2) is 33.5 Å². The van der Waals surface area contributed by atoms with E-state index in [0.29, 0.717) is 18.7 Å². The lowest BCUT2D eigenvalue weighted by atomic mass is 10.1. The Balaban J connectivity index is 2.18. The summed E-state index contributed by atoms with van der Waals surface area (Å²) in [7, 11) is 5.17. The normalized spacial score (nSPS) is 11.3. The summed E-state index contributed by atoms with van der Waals surface area (Å²) in [6.07, 6.45) is 0.665. The van der Waals surface area contributed by atoms with E-state index in [-0.39, 0.29) is 41.3 Å². The van der Waals surface area contributed by atoms with Crippen LogP contribution in [0.1, 0.15) is 28.6 Å². The van der Waals surface area contributed by atoms with Crippen molar-refractivity contribution in [3.05, 3.63) is 57.3 Å². The van der Waals surface area contributed by atoms with Crippen LogP contribution >= 0.6 is 0 Å². The highest BCUT2D eigenvalue weighted by atomic mass is 19.1. The zero-order valence-corrected chi connectivity index (χ0v) is 18.5. The van der Waals surface area contributed by atoms with Gasteiger partial charge in [0.05, 0.1) is 30.8 Å². The van der Waals surface area contributed by atoms with Crippen LogP contribution in [-0.4, -0.2) is 47.8 Å². The second-order valence-corrected chi connectivity index (χ2v) is 7.58. The number of hydroxylamine groups is 1. The molecule has 1 aromatic carbocycles. The van der Waals surface area contributed by atoms with Gasteiger partial charge in [-0.05, 0) is 44.3 Å². The number of aliphatic hydroxyl groups excluding tert-OH is 1. The minimum Gasteiger partial charge on any atom is -0.458 e. The lowest BCUT2D eigenvalue weighted by molar-refractivity contribution is 0.0169. The number of hydrogen-bond donors (Lipinski definition) is 3. The van der Waals surface area contributed by atoms with E-state index in [1.54, 1.807) is 18.2 Å². The number of rotatable bonds is 9. The largest absolute Gasteiger partial charge is 0.458 e. The summed E-state index contributed by atoms with van der Waals surface area (Å²) in [6, 6.07) is 6.29. The first-order chi connectivity index (χ1) is 15.3. The maximum Gasteiger partial charge on any atom is 0.282 e. The third kappa shape index (κ3) is 4.82. The van der Waals surface area contributed by atoms with Crippen LogP contribution in [0.25, 0.3) is 11.0 Å². The van der Waals surface area contributed by atoms with E-state index in [0.717, 1.165) is 5.56 Å². The molecule has 1 amide bonds. The van der Waals surface area contributed by atoms with Crippen molar-refractivity contribution in [3.8, 4) is 0 Å². The molecule has 0 aliphatic heterocycles. The number of nitrogens with zero attached hydrogens (tertiary/aromatic N) is 2. The third-order valence-corrected chi connectivity index (χ3v) is 4.87. The van der Waals surface area contributed by atoms with Crippen LogP contribution in [0.3, 0.4) is 0 Å². The number of carbonyl (C=O) groups is 1. The van der Waals surface area contributed by atoms with E-state index in [4.69, 9.17) is 14.4 Å². The predicted octanol–water partition coefficient (Wildman–Crippen LogP) is 2.29. The summed E-state index contributed by atoms with van der Waals surface area (Å²) in [4.78, 5) is 32.8. The van der Waals surface area contributed by atoms with Gasteiger partial charge >= 0.3 is 0 Å². The van der Waals surface area contributed by atoms with Crippen LogP contribution in [0, 0.1) is 5.82 Å². The number of amides is 1. The lowest BCUT2D eigenvalue weighted by Crippen LogP contribution is -2.29. The van der Waals surface area contributed by atoms with E-state index in [1.165, 1.54) is 17.7 Å². The number of benzene rings is 1. The summed E-state index contributed by atoms with van der Waals surface area (Å²) in [6.45, 7) is 1.91. The molecule has 0 aliphatic rings. The zero-order valence-electron chi connectivity index (χ0n) is 18.5. The van der Waals surface area contributed by atoms with Crippen LogP contribution in [0.5, 0.6) is 0 Å². The van der Waals surface area contributed by atoms with E-state index >= 15 is 0 Å². The highest BCUT2D eigenvalue weighted by molar-refractivity contribution is 6.09. The molecule has 0 aliphatic carbocycles. The fraction of sp³-hybridized carbons (Fsp3) is 0.364. The molecule has 3 N–H and O–H groups in total. The average molecular weight is 446 g/mol. The first-order valence-corrected chi connectivity index (χ1v) is 10.1. The number of carbonyl (C=O) groups excluding carboxylic acids is 1. The molecule has 3 rings (SSSR count). The number of pyridine rings is 1. The highest BCUT2D eigenvalue weighted by Gasteiger charge is 2.25. The minimum absolute atomic E-state index is 0.0241. The number of nitrogens with one attached hydrogen (secondary N) is 2. The molecule has 0 saturated heterocycles. The van der Waals surface area contributed by atoms with Crippen molar-refractivity contribution in [2.75, 3.05) is 32.6 Å². The van der Waals surface area contributed by atoms with E-state index in [2.05, 4.69) is 10.8 Å². The van der Waals surface area contributed by atoms with E-state index in [9.17, 15) is 14.0 Å². The highest BCUT2D eigenvalue weighted by Crippen LogP contribution is 2.30. The Morgan fingerprint density at radius 1 is 1.31 bits per heavy atom. The Hall–Kier alpha value is -3.21. The fourth-order valence-electron chi connectivity index (χ4n) is 3.31. The molecule has 2 heterocycles. The number of furan rings is 1. The van der Waals surface area contributed by atoms with Crippen molar-refractivity contribution in [2.24, 2.45) is 7.05 Å². The Labute approximate surface area is 184 Å². The molecule has 0 radical (unpaired) electrons. The van der Waals surface area contributed by atoms with Gasteiger partial charge in [0.2, 0.25) is 0 Å². The van der Waals surface area contributed by atoms with Gasteiger partial charge in [0, 0.05) is 7.05 Å². The fourth-order valence-corrected chi connectivity index (χ4v) is 3.31. The number of hydrogen-bond acceptors (Lipinski definition) is 7. The quantitative estimate of drug-likeness (QED) is 0.342. The zero-order chi connectivity index (χ0) is 23.4. The Morgan fingerprint density at radius 3 is 2.69 bits per heavy atom. The molecule has 3 aromatic rings. The number of aromatic nitrogens is 1. The van der Waals surface area contributed by atoms with Gasteiger partial charge in [-0.3, -0.25) is 19.0 Å². The topological polar surface area (TPSA) is 109 Å². The predicted molar refractivity (Wildman–Crippen MR) is 118 cm³/mol. The summed E-state index contributed by atoms with van der Waals surface area (Å²) >= 11 is 0.